The molecular weight excluding hydrogens is 273 g/mol. The van der Waals surface area contributed by atoms with Crippen molar-refractivity contribution in [1.29, 1.82) is 0 Å². The van der Waals surface area contributed by atoms with Crippen molar-refractivity contribution in [1.82, 2.24) is 0 Å². The van der Waals surface area contributed by atoms with Gasteiger partial charge in [-0.1, -0.05) is 24.3 Å². The lowest BCUT2D eigenvalue weighted by Gasteiger charge is -2.13. The van der Waals surface area contributed by atoms with E-state index in [-0.39, 0.29) is 25.5 Å². The molecule has 2 aromatic rings. The molecule has 0 saturated carbocycles. The van der Waals surface area contributed by atoms with Crippen LogP contribution in [0.25, 0.3) is 0 Å². The molecule has 0 aliphatic rings. The molecule has 2 aromatic carbocycles. The lowest BCUT2D eigenvalue weighted by molar-refractivity contribution is 0.205. The lowest BCUT2D eigenvalue weighted by Crippen LogP contribution is -2.12. The van der Waals surface area contributed by atoms with Crippen LogP contribution in [0.3, 0.4) is 0 Å². The maximum atomic E-state index is 13.7. The Labute approximate surface area is 123 Å². The topological polar surface area (TPSA) is 53.7 Å². The smallest absolute Gasteiger partial charge is 0.165 e. The van der Waals surface area contributed by atoms with E-state index in [0.717, 1.165) is 0 Å². The predicted molar refractivity (Wildman–Crippen MR) is 78.3 cm³/mol. The Morgan fingerprint density at radius 2 is 1.67 bits per heavy atom. The average molecular weight is 291 g/mol. The van der Waals surface area contributed by atoms with E-state index in [1.165, 1.54) is 6.07 Å². The highest BCUT2D eigenvalue weighted by Crippen LogP contribution is 2.26. The van der Waals surface area contributed by atoms with Crippen LogP contribution in [0.4, 0.5) is 4.39 Å². The molecule has 5 heteroatoms. The molecule has 21 heavy (non-hydrogen) atoms. The van der Waals surface area contributed by atoms with Gasteiger partial charge >= 0.3 is 0 Å². The maximum absolute atomic E-state index is 13.7. The quantitative estimate of drug-likeness (QED) is 0.797. The van der Waals surface area contributed by atoms with Crippen LogP contribution in [-0.2, 0) is 6.54 Å². The minimum absolute atomic E-state index is 0.184. The van der Waals surface area contributed by atoms with E-state index in [4.69, 9.17) is 19.9 Å². The maximum Gasteiger partial charge on any atom is 0.165 e. The van der Waals surface area contributed by atoms with E-state index in [1.54, 1.807) is 31.4 Å². The number of ether oxygens (including phenoxy) is 3. The standard InChI is InChI=1S/C16H18FNO3/c1-19-14-7-2-3-8-15(14)20-9-10-21-16-12(11-18)5-4-6-13(16)17/h2-8H,9-11,18H2,1H3. The van der Waals surface area contributed by atoms with Gasteiger partial charge in [0.05, 0.1) is 7.11 Å². The molecule has 0 aromatic heterocycles. The Bertz CT molecular complexity index is 589. The van der Waals surface area contributed by atoms with Gasteiger partial charge in [-0.3, -0.25) is 0 Å². The second-order valence-corrected chi connectivity index (χ2v) is 4.28. The summed E-state index contributed by atoms with van der Waals surface area (Å²) in [6, 6.07) is 12.0. The summed E-state index contributed by atoms with van der Waals surface area (Å²) in [6.07, 6.45) is 0. The van der Waals surface area contributed by atoms with Crippen LogP contribution < -0.4 is 19.9 Å². The summed E-state index contributed by atoms with van der Waals surface area (Å²) >= 11 is 0. The third-order valence-corrected chi connectivity index (χ3v) is 2.92. The first-order chi connectivity index (χ1) is 10.3. The fourth-order valence-corrected chi connectivity index (χ4v) is 1.91. The highest BCUT2D eigenvalue weighted by Gasteiger charge is 2.09. The van der Waals surface area contributed by atoms with Gasteiger partial charge in [0.1, 0.15) is 13.2 Å². The van der Waals surface area contributed by atoms with Gasteiger partial charge < -0.3 is 19.9 Å². The van der Waals surface area contributed by atoms with Crippen molar-refractivity contribution in [3.8, 4) is 17.2 Å². The summed E-state index contributed by atoms with van der Waals surface area (Å²) in [7, 11) is 1.57. The first kappa shape index (κ1) is 15.1. The summed E-state index contributed by atoms with van der Waals surface area (Å²) < 4.78 is 29.8. The van der Waals surface area contributed by atoms with Crippen LogP contribution in [-0.4, -0.2) is 20.3 Å². The lowest BCUT2D eigenvalue weighted by atomic mass is 10.2. The van der Waals surface area contributed by atoms with Crippen LogP contribution in [0.1, 0.15) is 5.56 Å². The number of para-hydroxylation sites is 3. The molecule has 0 heterocycles. The summed E-state index contributed by atoms with van der Waals surface area (Å²) in [5.74, 6) is 1.03. The van der Waals surface area contributed by atoms with Crippen LogP contribution >= 0.6 is 0 Å². The van der Waals surface area contributed by atoms with E-state index in [1.807, 2.05) is 12.1 Å². The van der Waals surface area contributed by atoms with Gasteiger partial charge in [0.2, 0.25) is 0 Å². The minimum Gasteiger partial charge on any atom is -0.493 e. The van der Waals surface area contributed by atoms with Gasteiger partial charge in [0, 0.05) is 12.1 Å². The largest absolute Gasteiger partial charge is 0.493 e. The number of rotatable bonds is 7. The van der Waals surface area contributed by atoms with E-state index in [0.29, 0.717) is 17.1 Å². The van der Waals surface area contributed by atoms with E-state index < -0.39 is 5.82 Å². The highest BCUT2D eigenvalue weighted by atomic mass is 19.1. The molecule has 2 rings (SSSR count). The van der Waals surface area contributed by atoms with Crippen molar-refractivity contribution in [3.63, 3.8) is 0 Å². The second-order valence-electron chi connectivity index (χ2n) is 4.28. The van der Waals surface area contributed by atoms with Crippen molar-refractivity contribution in [2.45, 2.75) is 6.54 Å². The summed E-state index contributed by atoms with van der Waals surface area (Å²) in [4.78, 5) is 0. The Morgan fingerprint density at radius 1 is 0.952 bits per heavy atom. The first-order valence-corrected chi connectivity index (χ1v) is 6.62. The molecule has 0 aliphatic carbocycles. The minimum atomic E-state index is -0.421. The Hall–Kier alpha value is -2.27. The van der Waals surface area contributed by atoms with Crippen molar-refractivity contribution in [3.05, 3.63) is 53.8 Å². The molecule has 0 fully saturated rings. The molecule has 2 N–H and O–H groups in total. The van der Waals surface area contributed by atoms with Gasteiger partial charge in [0.15, 0.2) is 23.1 Å². The zero-order valence-electron chi connectivity index (χ0n) is 11.8. The van der Waals surface area contributed by atoms with Gasteiger partial charge in [-0.25, -0.2) is 4.39 Å². The normalized spacial score (nSPS) is 10.2. The zero-order chi connectivity index (χ0) is 15.1. The summed E-state index contributed by atoms with van der Waals surface area (Å²) in [5.41, 5.74) is 6.19. The molecule has 0 radical (unpaired) electrons. The van der Waals surface area contributed by atoms with E-state index in [2.05, 4.69) is 0 Å². The second kappa shape index (κ2) is 7.50. The fraction of sp³-hybridized carbons (Fsp3) is 0.250. The van der Waals surface area contributed by atoms with E-state index in [9.17, 15) is 4.39 Å². The Balaban J connectivity index is 1.91. The number of hydrogen-bond donors (Lipinski definition) is 1. The van der Waals surface area contributed by atoms with Crippen LogP contribution in [0.2, 0.25) is 0 Å². The molecule has 0 aliphatic heterocycles. The molecule has 4 nitrogen and oxygen atoms in total. The molecule has 0 saturated heterocycles. The molecule has 0 amide bonds. The molecule has 0 unspecified atom stereocenters. The molecule has 0 atom stereocenters. The molecule has 0 bridgehead atoms. The van der Waals surface area contributed by atoms with Crippen molar-refractivity contribution in [2.75, 3.05) is 20.3 Å². The van der Waals surface area contributed by atoms with Gasteiger partial charge in [-0.05, 0) is 18.2 Å². The highest BCUT2D eigenvalue weighted by molar-refractivity contribution is 5.39. The monoisotopic (exact) mass is 291 g/mol. The van der Waals surface area contributed by atoms with Crippen LogP contribution in [0.5, 0.6) is 17.2 Å². The van der Waals surface area contributed by atoms with Crippen LogP contribution in [0.15, 0.2) is 42.5 Å². The Kier molecular flexibility index (Phi) is 5.40. The number of hydrogen-bond acceptors (Lipinski definition) is 4. The number of nitrogens with two attached hydrogens (primary N) is 1. The summed E-state index contributed by atoms with van der Waals surface area (Å²) in [5, 5.41) is 0. The predicted octanol–water partition coefficient (Wildman–Crippen LogP) is 2.75. The van der Waals surface area contributed by atoms with Crippen molar-refractivity contribution in [2.24, 2.45) is 5.73 Å². The van der Waals surface area contributed by atoms with Gasteiger partial charge in [-0.15, -0.1) is 0 Å². The van der Waals surface area contributed by atoms with Gasteiger partial charge in [-0.2, -0.15) is 0 Å². The van der Waals surface area contributed by atoms with E-state index >= 15 is 0 Å². The number of benzene rings is 2. The van der Waals surface area contributed by atoms with Crippen molar-refractivity contribution < 1.29 is 18.6 Å². The number of methoxy groups -OCH3 is 1. The fourth-order valence-electron chi connectivity index (χ4n) is 1.91. The molecular formula is C16H18FNO3. The summed E-state index contributed by atoms with van der Waals surface area (Å²) in [6.45, 7) is 0.713. The third-order valence-electron chi connectivity index (χ3n) is 2.92. The average Bonchev–Trinajstić information content (AvgIpc) is 2.52. The Morgan fingerprint density at radius 3 is 2.38 bits per heavy atom. The number of halogens is 1. The zero-order valence-corrected chi connectivity index (χ0v) is 11.8. The molecule has 0 spiro atoms. The third kappa shape index (κ3) is 3.86. The molecule has 112 valence electrons. The van der Waals surface area contributed by atoms with Crippen molar-refractivity contribution >= 4 is 0 Å². The first-order valence-electron chi connectivity index (χ1n) is 6.62. The van der Waals surface area contributed by atoms with Crippen LogP contribution in [0, 0.1) is 5.82 Å². The van der Waals surface area contributed by atoms with Gasteiger partial charge in [0.25, 0.3) is 0 Å². The SMILES string of the molecule is COc1ccccc1OCCOc1c(F)cccc1CN.